The minimum atomic E-state index is -4.42. The van der Waals surface area contributed by atoms with E-state index in [-0.39, 0.29) is 0 Å². The molecule has 0 saturated heterocycles. The molecular formula is C14H14F3NOS. The van der Waals surface area contributed by atoms with Gasteiger partial charge in [0.05, 0.1) is 16.7 Å². The van der Waals surface area contributed by atoms with Crippen molar-refractivity contribution in [3.8, 4) is 0 Å². The fraction of sp³-hybridized carbons (Fsp3) is 0.286. The van der Waals surface area contributed by atoms with E-state index < -0.39 is 35.2 Å². The lowest BCUT2D eigenvalue weighted by Gasteiger charge is -2.17. The molecule has 0 aliphatic heterocycles. The van der Waals surface area contributed by atoms with E-state index in [0.717, 1.165) is 10.8 Å². The first-order chi connectivity index (χ1) is 9.41. The predicted octanol–water partition coefficient (Wildman–Crippen LogP) is 3.08. The highest BCUT2D eigenvalue weighted by Crippen LogP contribution is 2.28. The van der Waals surface area contributed by atoms with Gasteiger partial charge >= 0.3 is 6.18 Å². The van der Waals surface area contributed by atoms with Gasteiger partial charge in [0, 0.05) is 17.2 Å². The Morgan fingerprint density at radius 1 is 1.10 bits per heavy atom. The van der Waals surface area contributed by atoms with Gasteiger partial charge in [0.2, 0.25) is 0 Å². The topological polar surface area (TPSA) is 43.1 Å². The van der Waals surface area contributed by atoms with Crippen molar-refractivity contribution in [2.75, 3.05) is 12.3 Å². The van der Waals surface area contributed by atoms with E-state index in [1.807, 2.05) is 24.3 Å². The van der Waals surface area contributed by atoms with Crippen LogP contribution in [0, 0.1) is 5.92 Å². The Kier molecular flexibility index (Phi) is 4.45. The van der Waals surface area contributed by atoms with Crippen LogP contribution in [0.1, 0.15) is 0 Å². The second-order valence-corrected chi connectivity index (χ2v) is 5.99. The van der Waals surface area contributed by atoms with Gasteiger partial charge in [-0.1, -0.05) is 30.3 Å². The van der Waals surface area contributed by atoms with E-state index in [2.05, 4.69) is 0 Å². The van der Waals surface area contributed by atoms with Crippen molar-refractivity contribution in [2.24, 2.45) is 11.7 Å². The molecule has 2 atom stereocenters. The summed E-state index contributed by atoms with van der Waals surface area (Å²) in [5.41, 5.74) is 5.12. The van der Waals surface area contributed by atoms with E-state index in [1.54, 1.807) is 18.2 Å². The molecule has 6 heteroatoms. The SMILES string of the molecule is NCC(CS(=O)c1ccc2ccccc2c1)C(F)(F)F. The molecular weight excluding hydrogens is 287 g/mol. The Hall–Kier alpha value is -1.40. The number of hydrogen-bond donors (Lipinski definition) is 1. The quantitative estimate of drug-likeness (QED) is 0.943. The van der Waals surface area contributed by atoms with Gasteiger partial charge in [-0.05, 0) is 22.9 Å². The van der Waals surface area contributed by atoms with Gasteiger partial charge in [0.15, 0.2) is 0 Å². The molecule has 0 aliphatic carbocycles. The smallest absolute Gasteiger partial charge is 0.330 e. The highest BCUT2D eigenvalue weighted by atomic mass is 32.2. The lowest BCUT2D eigenvalue weighted by molar-refractivity contribution is -0.165. The van der Waals surface area contributed by atoms with Crippen LogP contribution in [0.3, 0.4) is 0 Å². The lowest BCUT2D eigenvalue weighted by Crippen LogP contribution is -2.34. The van der Waals surface area contributed by atoms with Crippen LogP contribution in [-0.2, 0) is 10.8 Å². The average Bonchev–Trinajstić information content (AvgIpc) is 2.42. The monoisotopic (exact) mass is 301 g/mol. The number of nitrogens with two attached hydrogens (primary N) is 1. The number of fused-ring (bicyclic) bond motifs is 1. The molecule has 2 aromatic rings. The van der Waals surface area contributed by atoms with E-state index in [9.17, 15) is 17.4 Å². The van der Waals surface area contributed by atoms with Gasteiger partial charge < -0.3 is 5.73 Å². The Balaban J connectivity index is 2.23. The summed E-state index contributed by atoms with van der Waals surface area (Å²) in [5, 5.41) is 1.81. The minimum absolute atomic E-state index is 0.395. The Labute approximate surface area is 117 Å². The first-order valence-electron chi connectivity index (χ1n) is 6.06. The van der Waals surface area contributed by atoms with Crippen molar-refractivity contribution in [3.63, 3.8) is 0 Å². The Morgan fingerprint density at radius 2 is 1.75 bits per heavy atom. The molecule has 2 N–H and O–H groups in total. The molecule has 0 amide bonds. The van der Waals surface area contributed by atoms with E-state index in [1.165, 1.54) is 0 Å². The average molecular weight is 301 g/mol. The van der Waals surface area contributed by atoms with Crippen molar-refractivity contribution in [1.82, 2.24) is 0 Å². The summed E-state index contributed by atoms with van der Waals surface area (Å²) in [5.74, 6) is -2.24. The lowest BCUT2D eigenvalue weighted by atomic mass is 10.1. The fourth-order valence-electron chi connectivity index (χ4n) is 1.88. The van der Waals surface area contributed by atoms with Crippen LogP contribution in [0.15, 0.2) is 47.4 Å². The first-order valence-corrected chi connectivity index (χ1v) is 7.37. The van der Waals surface area contributed by atoms with Gasteiger partial charge in [-0.2, -0.15) is 13.2 Å². The van der Waals surface area contributed by atoms with Crippen molar-refractivity contribution < 1.29 is 17.4 Å². The summed E-state index contributed by atoms with van der Waals surface area (Å²) in [6.45, 7) is -0.553. The summed E-state index contributed by atoms with van der Waals surface area (Å²) < 4.78 is 50.0. The van der Waals surface area contributed by atoms with Crippen molar-refractivity contribution in [2.45, 2.75) is 11.1 Å². The maximum absolute atomic E-state index is 12.6. The summed E-state index contributed by atoms with van der Waals surface area (Å²) in [6, 6.07) is 12.4. The number of hydrogen-bond acceptors (Lipinski definition) is 2. The number of benzene rings is 2. The zero-order valence-electron chi connectivity index (χ0n) is 10.6. The standard InChI is InChI=1S/C14H14F3NOS/c15-14(16,17)12(8-18)9-20(19)13-6-5-10-3-1-2-4-11(10)7-13/h1-7,12H,8-9,18H2. The van der Waals surface area contributed by atoms with Crippen molar-refractivity contribution in [1.29, 1.82) is 0 Å². The third-order valence-corrected chi connectivity index (χ3v) is 4.57. The molecule has 0 aromatic heterocycles. The number of rotatable bonds is 4. The van der Waals surface area contributed by atoms with Crippen molar-refractivity contribution in [3.05, 3.63) is 42.5 Å². The van der Waals surface area contributed by atoms with Gasteiger partial charge in [0.1, 0.15) is 0 Å². The summed E-state index contributed by atoms with van der Waals surface area (Å²) >= 11 is 0. The van der Waals surface area contributed by atoms with E-state index in [0.29, 0.717) is 4.90 Å². The van der Waals surface area contributed by atoms with Crippen LogP contribution in [0.25, 0.3) is 10.8 Å². The molecule has 0 spiro atoms. The predicted molar refractivity (Wildman–Crippen MR) is 73.8 cm³/mol. The second kappa shape index (κ2) is 5.93. The van der Waals surface area contributed by atoms with Crippen molar-refractivity contribution >= 4 is 21.6 Å². The molecule has 0 fully saturated rings. The maximum Gasteiger partial charge on any atom is 0.393 e. The first kappa shape index (κ1) is 15.0. The molecule has 2 unspecified atom stereocenters. The second-order valence-electron chi connectivity index (χ2n) is 4.50. The summed E-state index contributed by atoms with van der Waals surface area (Å²) in [6.07, 6.45) is -4.42. The van der Waals surface area contributed by atoms with Crippen LogP contribution in [0.4, 0.5) is 13.2 Å². The van der Waals surface area contributed by atoms with Crippen LogP contribution >= 0.6 is 0 Å². The number of alkyl halides is 3. The summed E-state index contributed by atoms with van der Waals surface area (Å²) in [4.78, 5) is 0.395. The largest absolute Gasteiger partial charge is 0.393 e. The third-order valence-electron chi connectivity index (χ3n) is 3.08. The molecule has 2 nitrogen and oxygen atoms in total. The zero-order valence-corrected chi connectivity index (χ0v) is 11.4. The van der Waals surface area contributed by atoms with Gasteiger partial charge in [-0.25, -0.2) is 0 Å². The van der Waals surface area contributed by atoms with E-state index in [4.69, 9.17) is 5.73 Å². The van der Waals surface area contributed by atoms with E-state index >= 15 is 0 Å². The van der Waals surface area contributed by atoms with Crippen LogP contribution in [-0.4, -0.2) is 22.7 Å². The minimum Gasteiger partial charge on any atom is -0.330 e. The molecule has 0 bridgehead atoms. The molecule has 0 radical (unpaired) electrons. The Bertz CT molecular complexity index is 627. The Morgan fingerprint density at radius 3 is 2.35 bits per heavy atom. The fourth-order valence-corrected chi connectivity index (χ4v) is 3.25. The van der Waals surface area contributed by atoms with Crippen LogP contribution in [0.5, 0.6) is 0 Å². The molecule has 0 heterocycles. The highest BCUT2D eigenvalue weighted by Gasteiger charge is 2.39. The third kappa shape index (κ3) is 3.37. The highest BCUT2D eigenvalue weighted by molar-refractivity contribution is 7.85. The molecule has 2 rings (SSSR count). The van der Waals surface area contributed by atoms with Gasteiger partial charge in [-0.15, -0.1) is 0 Å². The molecule has 20 heavy (non-hydrogen) atoms. The molecule has 2 aromatic carbocycles. The number of halogens is 3. The van der Waals surface area contributed by atoms with Crippen LogP contribution < -0.4 is 5.73 Å². The van der Waals surface area contributed by atoms with Gasteiger partial charge in [-0.3, -0.25) is 4.21 Å². The molecule has 0 saturated carbocycles. The molecule has 108 valence electrons. The maximum atomic E-state index is 12.6. The van der Waals surface area contributed by atoms with Crippen LogP contribution in [0.2, 0.25) is 0 Å². The normalized spacial score (nSPS) is 15.2. The zero-order chi connectivity index (χ0) is 14.8. The van der Waals surface area contributed by atoms with Gasteiger partial charge in [0.25, 0.3) is 0 Å². The molecule has 0 aliphatic rings. The summed E-state index contributed by atoms with van der Waals surface area (Å²) in [7, 11) is -1.72.